The van der Waals surface area contributed by atoms with E-state index in [4.69, 9.17) is 4.74 Å². The lowest BCUT2D eigenvalue weighted by molar-refractivity contribution is -0.0382. The van der Waals surface area contributed by atoms with Crippen LogP contribution in [-0.4, -0.2) is 31.3 Å². The van der Waals surface area contributed by atoms with Crippen molar-refractivity contribution in [2.75, 3.05) is 20.2 Å². The average Bonchev–Trinajstić information content (AvgIpc) is 2.47. The summed E-state index contributed by atoms with van der Waals surface area (Å²) in [6.07, 6.45) is 6.35. The highest BCUT2D eigenvalue weighted by molar-refractivity contribution is 4.94. The van der Waals surface area contributed by atoms with Gasteiger partial charge in [0.15, 0.2) is 0 Å². The summed E-state index contributed by atoms with van der Waals surface area (Å²) in [6, 6.07) is 0. The van der Waals surface area contributed by atoms with Crippen molar-refractivity contribution in [3.63, 3.8) is 0 Å². The number of nitrogens with zero attached hydrogens (tertiary/aromatic N) is 1. The van der Waals surface area contributed by atoms with Gasteiger partial charge in [-0.25, -0.2) is 0 Å². The maximum absolute atomic E-state index is 5.49. The first-order valence-corrected chi connectivity index (χ1v) is 5.24. The molecule has 3 aliphatic rings. The zero-order valence-corrected chi connectivity index (χ0v) is 8.41. The van der Waals surface area contributed by atoms with Crippen LogP contribution in [0.25, 0.3) is 0 Å². The number of hydrogen-bond donors (Lipinski definition) is 0. The van der Waals surface area contributed by atoms with Crippen molar-refractivity contribution >= 4 is 0 Å². The molecule has 0 spiro atoms. The summed E-state index contributed by atoms with van der Waals surface area (Å²) < 4.78 is 5.49. The van der Waals surface area contributed by atoms with Gasteiger partial charge in [0.1, 0.15) is 6.23 Å². The predicted molar refractivity (Wildman–Crippen MR) is 53.4 cm³/mol. The van der Waals surface area contributed by atoms with E-state index in [2.05, 4.69) is 17.6 Å². The van der Waals surface area contributed by atoms with Crippen molar-refractivity contribution in [1.82, 2.24) is 4.90 Å². The molecule has 0 aromatic rings. The molecule has 0 aliphatic carbocycles. The maximum atomic E-state index is 5.49. The third kappa shape index (κ3) is 1.65. The Morgan fingerprint density at radius 1 is 1.38 bits per heavy atom. The molecule has 2 heteroatoms. The molecule has 13 heavy (non-hydrogen) atoms. The van der Waals surface area contributed by atoms with Gasteiger partial charge in [0.05, 0.1) is 0 Å². The minimum Gasteiger partial charge on any atom is -0.366 e. The zero-order chi connectivity index (χ0) is 9.26. The first-order chi connectivity index (χ1) is 6.35. The summed E-state index contributed by atoms with van der Waals surface area (Å²) in [4.78, 5) is 2.47. The fourth-order valence-corrected chi connectivity index (χ4v) is 2.75. The molecular weight excluding hydrogens is 162 g/mol. The Hall–Kier alpha value is -0.340. The van der Waals surface area contributed by atoms with Gasteiger partial charge in [-0.1, -0.05) is 6.08 Å². The molecule has 2 nitrogen and oxygen atoms in total. The van der Waals surface area contributed by atoms with Crippen molar-refractivity contribution in [3.8, 4) is 0 Å². The minimum absolute atomic E-state index is 0.370. The van der Waals surface area contributed by atoms with Crippen LogP contribution in [0, 0.1) is 11.8 Å². The molecule has 0 aromatic carbocycles. The summed E-state index contributed by atoms with van der Waals surface area (Å²) in [6.45, 7) is 6.30. The van der Waals surface area contributed by atoms with Crippen molar-refractivity contribution < 1.29 is 4.74 Å². The highest BCUT2D eigenvalue weighted by Gasteiger charge is 2.34. The van der Waals surface area contributed by atoms with E-state index in [1.54, 1.807) is 0 Å². The van der Waals surface area contributed by atoms with Crippen LogP contribution in [0.1, 0.15) is 19.3 Å². The van der Waals surface area contributed by atoms with E-state index >= 15 is 0 Å². The van der Waals surface area contributed by atoms with E-state index in [9.17, 15) is 0 Å². The van der Waals surface area contributed by atoms with Crippen LogP contribution in [0.15, 0.2) is 12.7 Å². The predicted octanol–water partition coefficient (Wildman–Crippen LogP) is 1.88. The highest BCUT2D eigenvalue weighted by atomic mass is 16.5. The van der Waals surface area contributed by atoms with Crippen molar-refractivity contribution in [3.05, 3.63) is 12.7 Å². The Bertz CT molecular complexity index is 193. The average molecular weight is 181 g/mol. The number of ether oxygens (including phenoxy) is 1. The van der Waals surface area contributed by atoms with E-state index in [1.165, 1.54) is 25.8 Å². The second-order valence-corrected chi connectivity index (χ2v) is 4.21. The Morgan fingerprint density at radius 3 is 2.92 bits per heavy atom. The molecule has 3 heterocycles. The van der Waals surface area contributed by atoms with Crippen LogP contribution in [0.5, 0.6) is 0 Å². The van der Waals surface area contributed by atoms with Gasteiger partial charge in [-0.3, -0.25) is 4.90 Å². The lowest BCUT2D eigenvalue weighted by Gasteiger charge is -2.35. The van der Waals surface area contributed by atoms with E-state index in [0.29, 0.717) is 12.1 Å². The summed E-state index contributed by atoms with van der Waals surface area (Å²) >= 11 is 0. The van der Waals surface area contributed by atoms with Gasteiger partial charge in [-0.05, 0) is 31.1 Å². The second kappa shape index (κ2) is 3.81. The number of fused-ring (bicyclic) bond motifs is 4. The van der Waals surface area contributed by atoms with E-state index in [1.807, 2.05) is 7.11 Å². The summed E-state index contributed by atoms with van der Waals surface area (Å²) in [7, 11) is 1.83. The molecule has 3 saturated heterocycles. The van der Waals surface area contributed by atoms with Gasteiger partial charge in [-0.2, -0.15) is 0 Å². The first kappa shape index (κ1) is 9.22. The third-order valence-electron chi connectivity index (χ3n) is 3.60. The van der Waals surface area contributed by atoms with Gasteiger partial charge in [0.25, 0.3) is 0 Å². The minimum atomic E-state index is 0.370. The fraction of sp³-hybridized carbons (Fsp3) is 0.818. The molecule has 0 amide bonds. The smallest absolute Gasteiger partial charge is 0.110 e. The van der Waals surface area contributed by atoms with Gasteiger partial charge in [0.2, 0.25) is 0 Å². The first-order valence-electron chi connectivity index (χ1n) is 5.24. The molecule has 0 radical (unpaired) electrons. The molecule has 3 aliphatic heterocycles. The molecule has 74 valence electrons. The Balaban J connectivity index is 2.10. The van der Waals surface area contributed by atoms with Gasteiger partial charge < -0.3 is 4.74 Å². The largest absolute Gasteiger partial charge is 0.366 e. The normalized spacial score (nSPS) is 44.4. The van der Waals surface area contributed by atoms with Crippen molar-refractivity contribution in [2.24, 2.45) is 11.8 Å². The standard InChI is InChI=1S/C11H19NO/c1-3-9-8-12-7-6-10(9)4-5-11(12)13-2/h3,9-11H,1,4-8H2,2H3/t9-,10+,11-/m0/s1. The van der Waals surface area contributed by atoms with Crippen LogP contribution in [0.2, 0.25) is 0 Å². The van der Waals surface area contributed by atoms with Crippen LogP contribution in [0.3, 0.4) is 0 Å². The molecule has 3 rings (SSSR count). The van der Waals surface area contributed by atoms with Crippen molar-refractivity contribution in [1.29, 1.82) is 0 Å². The summed E-state index contributed by atoms with van der Waals surface area (Å²) in [5.41, 5.74) is 0. The van der Waals surface area contributed by atoms with Crippen LogP contribution < -0.4 is 0 Å². The molecule has 0 N–H and O–H groups in total. The number of hydrogen-bond acceptors (Lipinski definition) is 2. The Morgan fingerprint density at radius 2 is 2.23 bits per heavy atom. The molecule has 3 fully saturated rings. The van der Waals surface area contributed by atoms with Crippen LogP contribution in [-0.2, 0) is 4.74 Å². The van der Waals surface area contributed by atoms with Gasteiger partial charge in [0, 0.05) is 20.2 Å². The number of rotatable bonds is 2. The number of piperidine rings is 1. The third-order valence-corrected chi connectivity index (χ3v) is 3.60. The van der Waals surface area contributed by atoms with Gasteiger partial charge in [-0.15, -0.1) is 6.58 Å². The molecule has 1 unspecified atom stereocenters. The SMILES string of the molecule is C=C[C@H]1CN2CC[C@H]1CC[C@@H]2OC. The molecule has 0 saturated carbocycles. The Labute approximate surface area is 80.6 Å². The molecular formula is C11H19NO. The molecule has 0 aromatic heterocycles. The van der Waals surface area contributed by atoms with E-state index in [-0.39, 0.29) is 0 Å². The van der Waals surface area contributed by atoms with Crippen LogP contribution in [0.4, 0.5) is 0 Å². The molecule has 2 bridgehead atoms. The number of methoxy groups -OCH3 is 1. The fourth-order valence-electron chi connectivity index (χ4n) is 2.75. The van der Waals surface area contributed by atoms with Gasteiger partial charge >= 0.3 is 0 Å². The molecule has 4 atom stereocenters. The van der Waals surface area contributed by atoms with Crippen LogP contribution >= 0.6 is 0 Å². The van der Waals surface area contributed by atoms with E-state index in [0.717, 1.165) is 12.5 Å². The second-order valence-electron chi connectivity index (χ2n) is 4.21. The lowest BCUT2D eigenvalue weighted by atomic mass is 9.85. The Kier molecular flexibility index (Phi) is 2.70. The topological polar surface area (TPSA) is 12.5 Å². The monoisotopic (exact) mass is 181 g/mol. The highest BCUT2D eigenvalue weighted by Crippen LogP contribution is 2.34. The summed E-state index contributed by atoms with van der Waals surface area (Å²) in [5.74, 6) is 1.57. The van der Waals surface area contributed by atoms with E-state index < -0.39 is 0 Å². The quantitative estimate of drug-likeness (QED) is 0.603. The lowest BCUT2D eigenvalue weighted by Crippen LogP contribution is -2.42. The maximum Gasteiger partial charge on any atom is 0.110 e. The summed E-state index contributed by atoms with van der Waals surface area (Å²) in [5, 5.41) is 0. The van der Waals surface area contributed by atoms with Crippen molar-refractivity contribution in [2.45, 2.75) is 25.5 Å². The zero-order valence-electron chi connectivity index (χ0n) is 8.41.